The van der Waals surface area contributed by atoms with Crippen LogP contribution in [0.5, 0.6) is 0 Å². The molecule has 0 spiro atoms. The molecule has 1 N–H and O–H groups in total. The standard InChI is InChI=1S/C8H6N2O2/c11-8(12)6-3-1-2-5-4-9-10-7(5)6/h1-4,6H,(H,11,12)/t6-/m1/s1. The maximum atomic E-state index is 10.7. The summed E-state index contributed by atoms with van der Waals surface area (Å²) in [5.74, 6) is -1.52. The molecule has 0 unspecified atom stereocenters. The molecule has 0 bridgehead atoms. The van der Waals surface area contributed by atoms with Gasteiger partial charge in [0.15, 0.2) is 0 Å². The van der Waals surface area contributed by atoms with E-state index in [4.69, 9.17) is 5.11 Å². The van der Waals surface area contributed by atoms with Crippen LogP contribution >= 0.6 is 0 Å². The van der Waals surface area contributed by atoms with Gasteiger partial charge >= 0.3 is 5.97 Å². The van der Waals surface area contributed by atoms with Gasteiger partial charge in [0.25, 0.3) is 0 Å². The van der Waals surface area contributed by atoms with Gasteiger partial charge in [0.05, 0.1) is 11.9 Å². The average molecular weight is 162 g/mol. The molecule has 0 fully saturated rings. The molecule has 0 saturated carbocycles. The van der Waals surface area contributed by atoms with Crippen LogP contribution in [0.1, 0.15) is 0 Å². The molecule has 4 nitrogen and oxygen atoms in total. The first-order valence-electron chi connectivity index (χ1n) is 3.51. The van der Waals surface area contributed by atoms with Gasteiger partial charge in [-0.05, 0) is 0 Å². The largest absolute Gasteiger partial charge is 0.481 e. The number of aliphatic carboxylic acids is 1. The molecule has 1 aliphatic carbocycles. The Labute approximate surface area is 68.6 Å². The van der Waals surface area contributed by atoms with E-state index >= 15 is 0 Å². The molecule has 1 heterocycles. The van der Waals surface area contributed by atoms with E-state index in [2.05, 4.69) is 10.2 Å². The van der Waals surface area contributed by atoms with Crippen LogP contribution < -0.4 is 0 Å². The van der Waals surface area contributed by atoms with Gasteiger partial charge in [-0.1, -0.05) is 18.2 Å². The van der Waals surface area contributed by atoms with E-state index in [-0.39, 0.29) is 0 Å². The smallest absolute Gasteiger partial charge is 0.316 e. The van der Waals surface area contributed by atoms with E-state index in [1.165, 1.54) is 0 Å². The summed E-state index contributed by atoms with van der Waals surface area (Å²) < 4.78 is 0. The molecule has 0 aromatic carbocycles. The molecule has 0 aromatic heterocycles. The fourth-order valence-electron chi connectivity index (χ4n) is 1.21. The lowest BCUT2D eigenvalue weighted by Crippen LogP contribution is -2.24. The molecule has 0 radical (unpaired) electrons. The van der Waals surface area contributed by atoms with Gasteiger partial charge < -0.3 is 5.11 Å². The van der Waals surface area contributed by atoms with Crippen molar-refractivity contribution in [3.05, 3.63) is 23.8 Å². The summed E-state index contributed by atoms with van der Waals surface area (Å²) >= 11 is 0. The Bertz CT molecular complexity index is 350. The van der Waals surface area contributed by atoms with E-state index < -0.39 is 11.9 Å². The first-order valence-corrected chi connectivity index (χ1v) is 3.51. The number of hydrogen-bond donors (Lipinski definition) is 1. The Balaban J connectivity index is 2.39. The van der Waals surface area contributed by atoms with E-state index in [1.807, 2.05) is 0 Å². The number of hydrogen-bond acceptors (Lipinski definition) is 3. The fourth-order valence-corrected chi connectivity index (χ4v) is 1.21. The molecule has 4 heteroatoms. The number of rotatable bonds is 1. The Morgan fingerprint density at radius 3 is 3.17 bits per heavy atom. The zero-order valence-electron chi connectivity index (χ0n) is 6.14. The summed E-state index contributed by atoms with van der Waals surface area (Å²) in [7, 11) is 0. The third-order valence-corrected chi connectivity index (χ3v) is 1.80. The van der Waals surface area contributed by atoms with Crippen molar-refractivity contribution < 1.29 is 9.90 Å². The van der Waals surface area contributed by atoms with Gasteiger partial charge in [0, 0.05) is 5.57 Å². The summed E-state index contributed by atoms with van der Waals surface area (Å²) in [5, 5.41) is 16.2. The minimum Gasteiger partial charge on any atom is -0.481 e. The molecular weight excluding hydrogens is 156 g/mol. The fraction of sp³-hybridized carbons (Fsp3) is 0.125. The van der Waals surface area contributed by atoms with Crippen molar-refractivity contribution in [2.45, 2.75) is 0 Å². The Hall–Kier alpha value is -1.71. The van der Waals surface area contributed by atoms with Gasteiger partial charge in [-0.15, -0.1) is 0 Å². The summed E-state index contributed by atoms with van der Waals surface area (Å²) in [6.45, 7) is 0. The van der Waals surface area contributed by atoms with E-state index in [0.29, 0.717) is 5.71 Å². The van der Waals surface area contributed by atoms with Crippen molar-refractivity contribution in [3.8, 4) is 0 Å². The maximum absolute atomic E-state index is 10.7. The van der Waals surface area contributed by atoms with Crippen molar-refractivity contribution in [2.24, 2.45) is 16.1 Å². The third kappa shape index (κ3) is 0.887. The van der Waals surface area contributed by atoms with Crippen molar-refractivity contribution in [1.82, 2.24) is 0 Å². The SMILES string of the molecule is O=C(O)[C@@H]1C=CC=C2C=NN=C21. The second-order valence-corrected chi connectivity index (χ2v) is 2.55. The molecule has 0 amide bonds. The molecule has 1 atom stereocenters. The summed E-state index contributed by atoms with van der Waals surface area (Å²) in [4.78, 5) is 10.7. The number of nitrogens with zero attached hydrogens (tertiary/aromatic N) is 2. The van der Waals surface area contributed by atoms with Gasteiger partial charge in [0.2, 0.25) is 0 Å². The molecule has 0 aromatic rings. The number of carbonyl (C=O) groups is 1. The van der Waals surface area contributed by atoms with Crippen LogP contribution in [-0.2, 0) is 4.79 Å². The Morgan fingerprint density at radius 1 is 1.58 bits per heavy atom. The Kier molecular flexibility index (Phi) is 1.40. The number of fused-ring (bicyclic) bond motifs is 1. The highest BCUT2D eigenvalue weighted by atomic mass is 16.4. The first kappa shape index (κ1) is 6.97. The van der Waals surface area contributed by atoms with Crippen LogP contribution in [0.4, 0.5) is 0 Å². The Morgan fingerprint density at radius 2 is 2.42 bits per heavy atom. The summed E-state index contributed by atoms with van der Waals surface area (Å²) in [5.41, 5.74) is 1.33. The van der Waals surface area contributed by atoms with Crippen molar-refractivity contribution in [3.63, 3.8) is 0 Å². The van der Waals surface area contributed by atoms with Crippen LogP contribution in [0.2, 0.25) is 0 Å². The monoisotopic (exact) mass is 162 g/mol. The van der Waals surface area contributed by atoms with Crippen LogP contribution in [0, 0.1) is 5.92 Å². The topological polar surface area (TPSA) is 62.0 Å². The van der Waals surface area contributed by atoms with Gasteiger partial charge in [-0.25, -0.2) is 0 Å². The van der Waals surface area contributed by atoms with Crippen molar-refractivity contribution >= 4 is 17.9 Å². The zero-order valence-corrected chi connectivity index (χ0v) is 6.14. The van der Waals surface area contributed by atoms with E-state index in [9.17, 15) is 4.79 Å². The van der Waals surface area contributed by atoms with Crippen LogP contribution in [0.25, 0.3) is 0 Å². The maximum Gasteiger partial charge on any atom is 0.316 e. The van der Waals surface area contributed by atoms with Gasteiger partial charge in [-0.2, -0.15) is 10.2 Å². The lowest BCUT2D eigenvalue weighted by molar-refractivity contribution is -0.138. The lowest BCUT2D eigenvalue weighted by atomic mass is 9.93. The van der Waals surface area contributed by atoms with Crippen molar-refractivity contribution in [2.75, 3.05) is 0 Å². The first-order chi connectivity index (χ1) is 5.79. The van der Waals surface area contributed by atoms with Gasteiger partial charge in [0.1, 0.15) is 5.92 Å². The molecule has 0 saturated heterocycles. The molecule has 2 rings (SSSR count). The predicted molar refractivity (Wildman–Crippen MR) is 44.3 cm³/mol. The van der Waals surface area contributed by atoms with Crippen molar-refractivity contribution in [1.29, 1.82) is 0 Å². The number of carboxylic acid groups (broad SMARTS) is 1. The molecule has 2 aliphatic rings. The number of allylic oxidation sites excluding steroid dienone is 3. The van der Waals surface area contributed by atoms with Crippen LogP contribution in [0.15, 0.2) is 34.0 Å². The highest BCUT2D eigenvalue weighted by molar-refractivity contribution is 6.25. The predicted octanol–water partition coefficient (Wildman–Crippen LogP) is 0.624. The minimum absolute atomic E-state index is 0.532. The summed E-state index contributed by atoms with van der Waals surface area (Å²) in [6, 6.07) is 0. The molecular formula is C8H6N2O2. The quantitative estimate of drug-likeness (QED) is 0.614. The van der Waals surface area contributed by atoms with E-state index in [0.717, 1.165) is 5.57 Å². The molecule has 1 aliphatic heterocycles. The number of carboxylic acids is 1. The third-order valence-electron chi connectivity index (χ3n) is 1.80. The minimum atomic E-state index is -0.888. The van der Waals surface area contributed by atoms with Gasteiger partial charge in [-0.3, -0.25) is 4.79 Å². The van der Waals surface area contributed by atoms with Crippen LogP contribution in [-0.4, -0.2) is 23.0 Å². The summed E-state index contributed by atoms with van der Waals surface area (Å²) in [6.07, 6.45) is 6.67. The van der Waals surface area contributed by atoms with Crippen LogP contribution in [0.3, 0.4) is 0 Å². The second-order valence-electron chi connectivity index (χ2n) is 2.55. The average Bonchev–Trinajstić information content (AvgIpc) is 2.49. The second kappa shape index (κ2) is 2.41. The molecule has 60 valence electrons. The highest BCUT2D eigenvalue weighted by Gasteiger charge is 2.27. The van der Waals surface area contributed by atoms with E-state index in [1.54, 1.807) is 24.4 Å². The highest BCUT2D eigenvalue weighted by Crippen LogP contribution is 2.18. The molecule has 12 heavy (non-hydrogen) atoms. The lowest BCUT2D eigenvalue weighted by Gasteiger charge is -2.10. The zero-order chi connectivity index (χ0) is 8.55. The normalized spacial score (nSPS) is 24.8.